The van der Waals surface area contributed by atoms with Crippen LogP contribution in [-0.2, 0) is 6.42 Å². The summed E-state index contributed by atoms with van der Waals surface area (Å²) in [6.07, 6.45) is 1.51. The summed E-state index contributed by atoms with van der Waals surface area (Å²) in [6, 6.07) is 6.18. The van der Waals surface area contributed by atoms with Crippen LogP contribution in [0.4, 0.5) is 0 Å². The van der Waals surface area contributed by atoms with Crippen molar-refractivity contribution in [2.75, 3.05) is 12.4 Å². The van der Waals surface area contributed by atoms with Gasteiger partial charge in [0.25, 0.3) is 5.22 Å². The zero-order valence-electron chi connectivity index (χ0n) is 14.6. The van der Waals surface area contributed by atoms with Gasteiger partial charge in [0.15, 0.2) is 0 Å². The first-order valence-electron chi connectivity index (χ1n) is 8.16. The third kappa shape index (κ3) is 5.31. The molecule has 0 unspecified atom stereocenters. The molecule has 0 N–H and O–H groups in total. The minimum absolute atomic E-state index is 0.591. The van der Waals surface area contributed by atoms with Gasteiger partial charge in [-0.15, -0.1) is 21.5 Å². The SMILES string of the molecule is Cc1nc(Cc2nnc(SCCCOc3ccc(C)c(C)c3)o2)cs1. The summed E-state index contributed by atoms with van der Waals surface area (Å²) in [4.78, 5) is 4.41. The first kappa shape index (κ1) is 17.9. The van der Waals surface area contributed by atoms with Crippen molar-refractivity contribution >= 4 is 23.1 Å². The van der Waals surface area contributed by atoms with E-state index in [1.165, 1.54) is 11.1 Å². The van der Waals surface area contributed by atoms with E-state index in [1.54, 1.807) is 23.1 Å². The lowest BCUT2D eigenvalue weighted by molar-refractivity contribution is 0.318. The average Bonchev–Trinajstić information content (AvgIpc) is 3.20. The molecule has 0 amide bonds. The van der Waals surface area contributed by atoms with E-state index in [9.17, 15) is 0 Å². The Balaban J connectivity index is 1.38. The lowest BCUT2D eigenvalue weighted by Gasteiger charge is -2.07. The topological polar surface area (TPSA) is 61.0 Å². The van der Waals surface area contributed by atoms with Crippen molar-refractivity contribution < 1.29 is 9.15 Å². The van der Waals surface area contributed by atoms with Crippen molar-refractivity contribution in [1.82, 2.24) is 15.2 Å². The van der Waals surface area contributed by atoms with Gasteiger partial charge in [0.2, 0.25) is 5.89 Å². The highest BCUT2D eigenvalue weighted by atomic mass is 32.2. The Kier molecular flexibility index (Phi) is 6.09. The zero-order chi connectivity index (χ0) is 17.6. The van der Waals surface area contributed by atoms with Crippen molar-refractivity contribution in [2.24, 2.45) is 0 Å². The van der Waals surface area contributed by atoms with Gasteiger partial charge in [0.1, 0.15) is 5.75 Å². The highest BCUT2D eigenvalue weighted by molar-refractivity contribution is 7.99. The van der Waals surface area contributed by atoms with Crippen LogP contribution in [0.5, 0.6) is 5.75 Å². The summed E-state index contributed by atoms with van der Waals surface area (Å²) < 4.78 is 11.4. The number of aryl methyl sites for hydroxylation is 3. The number of hydrogen-bond acceptors (Lipinski definition) is 7. The Bertz CT molecular complexity index is 829. The minimum atomic E-state index is 0.591. The summed E-state index contributed by atoms with van der Waals surface area (Å²) in [5, 5.41) is 11.8. The number of ether oxygens (including phenoxy) is 1. The van der Waals surface area contributed by atoms with Gasteiger partial charge in [-0.25, -0.2) is 4.98 Å². The second-order valence-corrected chi connectivity index (χ2v) is 7.90. The van der Waals surface area contributed by atoms with Crippen LogP contribution < -0.4 is 4.74 Å². The largest absolute Gasteiger partial charge is 0.494 e. The number of aromatic nitrogens is 3. The molecule has 0 bridgehead atoms. The van der Waals surface area contributed by atoms with Gasteiger partial charge in [0.05, 0.1) is 23.7 Å². The Morgan fingerprint density at radius 1 is 1.16 bits per heavy atom. The van der Waals surface area contributed by atoms with Crippen LogP contribution in [0.15, 0.2) is 33.2 Å². The lowest BCUT2D eigenvalue weighted by atomic mass is 10.1. The molecular weight excluding hydrogens is 354 g/mol. The summed E-state index contributed by atoms with van der Waals surface area (Å²) in [7, 11) is 0. The molecule has 0 aliphatic rings. The van der Waals surface area contributed by atoms with Crippen LogP contribution in [0.2, 0.25) is 0 Å². The molecule has 1 aromatic carbocycles. The van der Waals surface area contributed by atoms with Gasteiger partial charge in [-0.1, -0.05) is 17.8 Å². The van der Waals surface area contributed by atoms with Crippen LogP contribution in [0.1, 0.15) is 34.1 Å². The molecule has 3 aromatic rings. The summed E-state index contributed by atoms with van der Waals surface area (Å²) in [6.45, 7) is 6.86. The summed E-state index contributed by atoms with van der Waals surface area (Å²) in [5.41, 5.74) is 3.51. The Hall–Kier alpha value is -1.86. The molecule has 0 fully saturated rings. The molecule has 5 nitrogen and oxygen atoms in total. The van der Waals surface area contributed by atoms with E-state index in [0.29, 0.717) is 24.1 Å². The average molecular weight is 376 g/mol. The van der Waals surface area contributed by atoms with E-state index in [0.717, 1.165) is 28.6 Å². The van der Waals surface area contributed by atoms with Crippen molar-refractivity contribution in [1.29, 1.82) is 0 Å². The van der Waals surface area contributed by atoms with Crippen molar-refractivity contribution in [3.05, 3.63) is 51.3 Å². The monoisotopic (exact) mass is 375 g/mol. The molecule has 25 heavy (non-hydrogen) atoms. The molecular formula is C18H21N3O2S2. The third-order valence-corrected chi connectivity index (χ3v) is 5.44. The minimum Gasteiger partial charge on any atom is -0.494 e. The third-order valence-electron chi connectivity index (χ3n) is 3.71. The number of benzene rings is 1. The maximum atomic E-state index is 5.78. The number of nitrogens with zero attached hydrogens (tertiary/aromatic N) is 3. The number of thioether (sulfide) groups is 1. The van der Waals surface area contributed by atoms with Crippen LogP contribution in [-0.4, -0.2) is 27.5 Å². The molecule has 0 saturated heterocycles. The van der Waals surface area contributed by atoms with E-state index < -0.39 is 0 Å². The number of hydrogen-bond donors (Lipinski definition) is 0. The van der Waals surface area contributed by atoms with Crippen LogP contribution in [0.25, 0.3) is 0 Å². The molecule has 0 atom stereocenters. The fourth-order valence-corrected chi connectivity index (χ4v) is 3.53. The van der Waals surface area contributed by atoms with Gasteiger partial charge in [-0.3, -0.25) is 0 Å². The Morgan fingerprint density at radius 2 is 2.04 bits per heavy atom. The quantitative estimate of drug-likeness (QED) is 0.423. The predicted molar refractivity (Wildman–Crippen MR) is 101 cm³/mol. The standard InChI is InChI=1S/C18H21N3O2S2/c1-12-5-6-16(9-13(12)2)22-7-4-8-24-18-21-20-17(23-18)10-15-11-25-14(3)19-15/h5-6,9,11H,4,7-8,10H2,1-3H3. The van der Waals surface area contributed by atoms with E-state index in [4.69, 9.17) is 9.15 Å². The van der Waals surface area contributed by atoms with Gasteiger partial charge in [-0.2, -0.15) is 0 Å². The van der Waals surface area contributed by atoms with Crippen molar-refractivity contribution in [3.63, 3.8) is 0 Å². The Morgan fingerprint density at radius 3 is 2.80 bits per heavy atom. The van der Waals surface area contributed by atoms with Gasteiger partial charge in [0, 0.05) is 11.1 Å². The van der Waals surface area contributed by atoms with Gasteiger partial charge < -0.3 is 9.15 Å². The molecule has 132 valence electrons. The van der Waals surface area contributed by atoms with E-state index in [1.807, 2.05) is 18.4 Å². The first-order valence-corrected chi connectivity index (χ1v) is 10.0. The van der Waals surface area contributed by atoms with Crippen molar-refractivity contribution in [2.45, 2.75) is 38.8 Å². The van der Waals surface area contributed by atoms with Gasteiger partial charge >= 0.3 is 0 Å². The normalized spacial score (nSPS) is 11.0. The van der Waals surface area contributed by atoms with E-state index >= 15 is 0 Å². The molecule has 2 aromatic heterocycles. The second-order valence-electron chi connectivity index (χ2n) is 5.79. The number of thiazole rings is 1. The van der Waals surface area contributed by atoms with Crippen LogP contribution in [0.3, 0.4) is 0 Å². The fraction of sp³-hybridized carbons (Fsp3) is 0.389. The maximum Gasteiger partial charge on any atom is 0.276 e. The molecule has 0 radical (unpaired) electrons. The highest BCUT2D eigenvalue weighted by Crippen LogP contribution is 2.20. The molecule has 3 rings (SSSR count). The number of rotatable bonds is 8. The molecule has 7 heteroatoms. The van der Waals surface area contributed by atoms with Crippen molar-refractivity contribution in [3.8, 4) is 5.75 Å². The summed E-state index contributed by atoms with van der Waals surface area (Å²) in [5.74, 6) is 2.41. The first-order chi connectivity index (χ1) is 12.1. The predicted octanol–water partition coefficient (Wildman–Crippen LogP) is 4.60. The maximum absolute atomic E-state index is 5.78. The molecule has 0 aliphatic heterocycles. The van der Waals surface area contributed by atoms with Crippen LogP contribution in [0, 0.1) is 20.8 Å². The fourth-order valence-electron chi connectivity index (χ4n) is 2.22. The Labute approximate surface area is 155 Å². The van der Waals surface area contributed by atoms with E-state index in [-0.39, 0.29) is 0 Å². The molecule has 0 saturated carbocycles. The smallest absolute Gasteiger partial charge is 0.276 e. The second kappa shape index (κ2) is 8.49. The van der Waals surface area contributed by atoms with Gasteiger partial charge in [-0.05, 0) is 50.5 Å². The lowest BCUT2D eigenvalue weighted by Crippen LogP contribution is -1.99. The molecule has 0 spiro atoms. The molecule has 2 heterocycles. The zero-order valence-corrected chi connectivity index (χ0v) is 16.2. The molecule has 0 aliphatic carbocycles. The van der Waals surface area contributed by atoms with Crippen LogP contribution >= 0.6 is 23.1 Å². The highest BCUT2D eigenvalue weighted by Gasteiger charge is 2.09. The van der Waals surface area contributed by atoms with E-state index in [2.05, 4.69) is 41.2 Å². The summed E-state index contributed by atoms with van der Waals surface area (Å²) >= 11 is 3.19.